The first-order valence-electron chi connectivity index (χ1n) is 9.06. The molecular formula is C17H30N6O2. The van der Waals surface area contributed by atoms with Crippen LogP contribution >= 0.6 is 0 Å². The number of hydrogen-bond acceptors (Lipinski definition) is 5. The standard InChI is InChI=1S/C17H30N6O2/c1-12(2)16-21-15(25-22-16)7-4-8-20-17(19-3)23-9-5-6-13(11-23)10-14(18)24/h12-13H,4-11H2,1-3H3,(H2,18,24)(H,19,20). The van der Waals surface area contributed by atoms with Gasteiger partial charge in [0, 0.05) is 45.4 Å². The number of aryl methyl sites for hydroxylation is 1. The summed E-state index contributed by atoms with van der Waals surface area (Å²) in [6.45, 7) is 6.65. The number of aliphatic imine (C=N–C) groups is 1. The molecule has 8 nitrogen and oxygen atoms in total. The van der Waals surface area contributed by atoms with Crippen molar-refractivity contribution in [3.8, 4) is 0 Å². The number of piperidine rings is 1. The van der Waals surface area contributed by atoms with E-state index in [1.165, 1.54) is 0 Å². The van der Waals surface area contributed by atoms with E-state index in [0.717, 1.165) is 57.1 Å². The molecule has 1 aliphatic heterocycles. The van der Waals surface area contributed by atoms with Crippen LogP contribution in [0.15, 0.2) is 9.52 Å². The topological polar surface area (TPSA) is 110 Å². The van der Waals surface area contributed by atoms with E-state index in [2.05, 4.69) is 25.3 Å². The molecule has 1 fully saturated rings. The van der Waals surface area contributed by atoms with Crippen molar-refractivity contribution in [2.75, 3.05) is 26.7 Å². The second-order valence-corrected chi connectivity index (χ2v) is 6.90. The zero-order valence-corrected chi connectivity index (χ0v) is 15.5. The molecule has 1 saturated heterocycles. The first kappa shape index (κ1) is 19.2. The van der Waals surface area contributed by atoms with Crippen LogP contribution in [0.3, 0.4) is 0 Å². The van der Waals surface area contributed by atoms with Gasteiger partial charge in [-0.1, -0.05) is 19.0 Å². The Morgan fingerprint density at radius 3 is 2.96 bits per heavy atom. The summed E-state index contributed by atoms with van der Waals surface area (Å²) in [5, 5.41) is 7.36. The Morgan fingerprint density at radius 2 is 2.32 bits per heavy atom. The second kappa shape index (κ2) is 9.39. The monoisotopic (exact) mass is 350 g/mol. The number of carbonyl (C=O) groups excluding carboxylic acids is 1. The summed E-state index contributed by atoms with van der Waals surface area (Å²) in [6, 6.07) is 0. The van der Waals surface area contributed by atoms with Crippen LogP contribution < -0.4 is 11.1 Å². The zero-order valence-electron chi connectivity index (χ0n) is 15.5. The number of likely N-dealkylation sites (tertiary alicyclic amines) is 1. The van der Waals surface area contributed by atoms with Crippen molar-refractivity contribution in [3.63, 3.8) is 0 Å². The van der Waals surface area contributed by atoms with Gasteiger partial charge in [-0.15, -0.1) is 0 Å². The molecule has 140 valence electrons. The minimum absolute atomic E-state index is 0.227. The van der Waals surface area contributed by atoms with E-state index in [9.17, 15) is 4.79 Å². The first-order chi connectivity index (χ1) is 12.0. The van der Waals surface area contributed by atoms with Gasteiger partial charge < -0.3 is 20.5 Å². The number of primary amides is 1. The van der Waals surface area contributed by atoms with Crippen LogP contribution in [0.5, 0.6) is 0 Å². The Morgan fingerprint density at radius 1 is 1.52 bits per heavy atom. The quantitative estimate of drug-likeness (QED) is 0.436. The predicted octanol–water partition coefficient (Wildman–Crippen LogP) is 1.29. The molecule has 1 aliphatic rings. The van der Waals surface area contributed by atoms with E-state index < -0.39 is 0 Å². The lowest BCUT2D eigenvalue weighted by molar-refractivity contribution is -0.119. The Balaban J connectivity index is 1.75. The molecule has 0 radical (unpaired) electrons. The van der Waals surface area contributed by atoms with Crippen LogP contribution in [0, 0.1) is 5.92 Å². The molecule has 0 aromatic carbocycles. The minimum Gasteiger partial charge on any atom is -0.370 e. The normalized spacial score (nSPS) is 18.6. The van der Waals surface area contributed by atoms with E-state index in [0.29, 0.717) is 18.2 Å². The second-order valence-electron chi connectivity index (χ2n) is 6.90. The summed E-state index contributed by atoms with van der Waals surface area (Å²) in [6.07, 6.45) is 4.18. The summed E-state index contributed by atoms with van der Waals surface area (Å²) < 4.78 is 5.25. The van der Waals surface area contributed by atoms with Crippen molar-refractivity contribution in [2.24, 2.45) is 16.6 Å². The third kappa shape index (κ3) is 6.03. The van der Waals surface area contributed by atoms with E-state index in [-0.39, 0.29) is 11.8 Å². The number of nitrogens with two attached hydrogens (primary N) is 1. The van der Waals surface area contributed by atoms with E-state index in [1.54, 1.807) is 7.05 Å². The van der Waals surface area contributed by atoms with Crippen LogP contribution in [0.25, 0.3) is 0 Å². The molecule has 3 N–H and O–H groups in total. The molecule has 2 rings (SSSR count). The van der Waals surface area contributed by atoms with Gasteiger partial charge in [0.15, 0.2) is 11.8 Å². The maximum atomic E-state index is 11.1. The van der Waals surface area contributed by atoms with Crippen LogP contribution in [0.1, 0.15) is 57.2 Å². The maximum absolute atomic E-state index is 11.1. The number of nitrogens with one attached hydrogen (secondary N) is 1. The number of hydrogen-bond donors (Lipinski definition) is 2. The fourth-order valence-electron chi connectivity index (χ4n) is 3.08. The predicted molar refractivity (Wildman–Crippen MR) is 96.2 cm³/mol. The van der Waals surface area contributed by atoms with Crippen LogP contribution in [-0.4, -0.2) is 53.6 Å². The highest BCUT2D eigenvalue weighted by atomic mass is 16.5. The lowest BCUT2D eigenvalue weighted by Crippen LogP contribution is -2.47. The maximum Gasteiger partial charge on any atom is 0.226 e. The zero-order chi connectivity index (χ0) is 18.2. The highest BCUT2D eigenvalue weighted by Crippen LogP contribution is 2.19. The number of amides is 1. The van der Waals surface area contributed by atoms with Crippen molar-refractivity contribution >= 4 is 11.9 Å². The van der Waals surface area contributed by atoms with Gasteiger partial charge in [-0.3, -0.25) is 9.79 Å². The smallest absolute Gasteiger partial charge is 0.226 e. The number of aromatic nitrogens is 2. The molecule has 2 heterocycles. The highest BCUT2D eigenvalue weighted by Gasteiger charge is 2.23. The molecule has 8 heteroatoms. The number of carbonyl (C=O) groups is 1. The van der Waals surface area contributed by atoms with Crippen molar-refractivity contribution in [3.05, 3.63) is 11.7 Å². The lowest BCUT2D eigenvalue weighted by Gasteiger charge is -2.34. The Hall–Kier alpha value is -2.12. The van der Waals surface area contributed by atoms with Crippen molar-refractivity contribution in [1.29, 1.82) is 0 Å². The summed E-state index contributed by atoms with van der Waals surface area (Å²) in [5.41, 5.74) is 5.33. The van der Waals surface area contributed by atoms with Gasteiger partial charge in [0.05, 0.1) is 0 Å². The van der Waals surface area contributed by atoms with Gasteiger partial charge in [0.1, 0.15) is 0 Å². The highest BCUT2D eigenvalue weighted by molar-refractivity contribution is 5.80. The minimum atomic E-state index is -0.227. The summed E-state index contributed by atoms with van der Waals surface area (Å²) in [4.78, 5) is 22.1. The molecule has 0 aliphatic carbocycles. The van der Waals surface area contributed by atoms with Crippen molar-refractivity contribution in [2.45, 2.75) is 51.9 Å². The van der Waals surface area contributed by atoms with E-state index >= 15 is 0 Å². The average Bonchev–Trinajstić information content (AvgIpc) is 3.04. The summed E-state index contributed by atoms with van der Waals surface area (Å²) in [5.74, 6) is 2.68. The van der Waals surface area contributed by atoms with Gasteiger partial charge in [0.2, 0.25) is 11.8 Å². The summed E-state index contributed by atoms with van der Waals surface area (Å²) >= 11 is 0. The molecule has 1 atom stereocenters. The molecule has 1 aromatic heterocycles. The number of guanidine groups is 1. The van der Waals surface area contributed by atoms with Crippen LogP contribution in [-0.2, 0) is 11.2 Å². The Labute approximate surface area is 149 Å². The van der Waals surface area contributed by atoms with Gasteiger partial charge in [-0.25, -0.2) is 0 Å². The van der Waals surface area contributed by atoms with Gasteiger partial charge in [0.25, 0.3) is 0 Å². The van der Waals surface area contributed by atoms with Crippen LogP contribution in [0.2, 0.25) is 0 Å². The van der Waals surface area contributed by atoms with Gasteiger partial charge in [-0.2, -0.15) is 4.98 Å². The molecule has 25 heavy (non-hydrogen) atoms. The average molecular weight is 350 g/mol. The first-order valence-corrected chi connectivity index (χ1v) is 9.06. The molecule has 1 amide bonds. The van der Waals surface area contributed by atoms with Crippen LogP contribution in [0.4, 0.5) is 0 Å². The molecular weight excluding hydrogens is 320 g/mol. The molecule has 0 saturated carbocycles. The molecule has 0 spiro atoms. The largest absolute Gasteiger partial charge is 0.370 e. The molecule has 0 bridgehead atoms. The molecule has 1 unspecified atom stereocenters. The fraction of sp³-hybridized carbons (Fsp3) is 0.765. The van der Waals surface area contributed by atoms with Gasteiger partial charge >= 0.3 is 0 Å². The fourth-order valence-corrected chi connectivity index (χ4v) is 3.08. The van der Waals surface area contributed by atoms with Gasteiger partial charge in [-0.05, 0) is 25.2 Å². The number of rotatable bonds is 7. The third-order valence-electron chi connectivity index (χ3n) is 4.37. The van der Waals surface area contributed by atoms with Crippen molar-refractivity contribution < 1.29 is 9.32 Å². The van der Waals surface area contributed by atoms with E-state index in [4.69, 9.17) is 10.3 Å². The lowest BCUT2D eigenvalue weighted by atomic mass is 9.95. The number of nitrogens with zero attached hydrogens (tertiary/aromatic N) is 4. The summed E-state index contributed by atoms with van der Waals surface area (Å²) in [7, 11) is 1.78. The van der Waals surface area contributed by atoms with E-state index in [1.807, 2.05) is 13.8 Å². The van der Waals surface area contributed by atoms with Crippen molar-refractivity contribution in [1.82, 2.24) is 20.4 Å². The Kier molecular flexibility index (Phi) is 7.21. The third-order valence-corrected chi connectivity index (χ3v) is 4.37. The SMILES string of the molecule is CN=C(NCCCc1nc(C(C)C)no1)N1CCCC(CC(N)=O)C1. The molecule has 1 aromatic rings. The Bertz CT molecular complexity index is 583.